The molecule has 0 saturated heterocycles. The van der Waals surface area contributed by atoms with Crippen LogP contribution in [-0.2, 0) is 17.6 Å². The lowest BCUT2D eigenvalue weighted by atomic mass is 10.0. The Kier molecular flexibility index (Phi) is 5.24. The predicted molar refractivity (Wildman–Crippen MR) is 104 cm³/mol. The highest BCUT2D eigenvalue weighted by atomic mass is 32.1. The van der Waals surface area contributed by atoms with E-state index in [0.717, 1.165) is 39.5 Å². The lowest BCUT2D eigenvalue weighted by molar-refractivity contribution is -0.114. The fourth-order valence-corrected chi connectivity index (χ4v) is 3.69. The van der Waals surface area contributed by atoms with Crippen LogP contribution in [0.5, 0.6) is 0 Å². The lowest BCUT2D eigenvalue weighted by Crippen LogP contribution is -2.07. The van der Waals surface area contributed by atoms with Gasteiger partial charge in [0.2, 0.25) is 5.91 Å². The zero-order chi connectivity index (χ0) is 17.8. The number of nitrogens with one attached hydrogen (secondary N) is 1. The van der Waals surface area contributed by atoms with Crippen molar-refractivity contribution < 1.29 is 4.79 Å². The van der Waals surface area contributed by atoms with Gasteiger partial charge in [-0.2, -0.15) is 0 Å². The monoisotopic (exact) mass is 351 g/mol. The van der Waals surface area contributed by atoms with E-state index in [1.165, 1.54) is 12.5 Å². The molecule has 128 valence electrons. The average molecular weight is 351 g/mol. The van der Waals surface area contributed by atoms with E-state index in [4.69, 9.17) is 4.98 Å². The fourth-order valence-electron chi connectivity index (χ4n) is 2.67. The minimum atomic E-state index is -0.126. The SMILES string of the molecule is CCc1cccc(-c2nc(CC)sc2-c2ccnc(NC(C)=O)c2)c1. The summed E-state index contributed by atoms with van der Waals surface area (Å²) in [5, 5.41) is 3.85. The highest BCUT2D eigenvalue weighted by molar-refractivity contribution is 7.15. The summed E-state index contributed by atoms with van der Waals surface area (Å²) in [7, 11) is 0. The third-order valence-corrected chi connectivity index (χ3v) is 5.16. The Balaban J connectivity index is 2.10. The van der Waals surface area contributed by atoms with E-state index in [0.29, 0.717) is 5.82 Å². The Hall–Kier alpha value is -2.53. The van der Waals surface area contributed by atoms with Gasteiger partial charge in [0, 0.05) is 18.7 Å². The number of nitrogens with zero attached hydrogens (tertiary/aromatic N) is 2. The number of pyridine rings is 1. The normalized spacial score (nSPS) is 10.7. The number of amides is 1. The second-order valence-corrected chi connectivity index (χ2v) is 6.89. The van der Waals surface area contributed by atoms with Crippen LogP contribution in [0, 0.1) is 0 Å². The molecule has 1 aromatic carbocycles. The summed E-state index contributed by atoms with van der Waals surface area (Å²) >= 11 is 1.70. The number of carbonyl (C=O) groups is 1. The van der Waals surface area contributed by atoms with Crippen LogP contribution in [0.3, 0.4) is 0 Å². The lowest BCUT2D eigenvalue weighted by Gasteiger charge is -2.07. The van der Waals surface area contributed by atoms with E-state index in [9.17, 15) is 4.79 Å². The first kappa shape index (κ1) is 17.3. The maximum absolute atomic E-state index is 11.3. The molecular weight excluding hydrogens is 330 g/mol. The van der Waals surface area contributed by atoms with Gasteiger partial charge in [0.25, 0.3) is 0 Å². The second-order valence-electron chi connectivity index (χ2n) is 5.80. The Morgan fingerprint density at radius 1 is 1.12 bits per heavy atom. The molecule has 0 aliphatic heterocycles. The summed E-state index contributed by atoms with van der Waals surface area (Å²) in [5.74, 6) is 0.434. The number of hydrogen-bond acceptors (Lipinski definition) is 4. The van der Waals surface area contributed by atoms with Gasteiger partial charge in [-0.1, -0.05) is 32.0 Å². The van der Waals surface area contributed by atoms with Crippen molar-refractivity contribution in [2.24, 2.45) is 0 Å². The van der Waals surface area contributed by atoms with Gasteiger partial charge in [0.15, 0.2) is 0 Å². The van der Waals surface area contributed by atoms with Crippen LogP contribution in [0.4, 0.5) is 5.82 Å². The predicted octanol–water partition coefficient (Wildman–Crippen LogP) is 4.96. The van der Waals surface area contributed by atoms with E-state index in [1.807, 2.05) is 12.1 Å². The van der Waals surface area contributed by atoms with Gasteiger partial charge in [-0.3, -0.25) is 4.79 Å². The zero-order valence-corrected chi connectivity index (χ0v) is 15.5. The van der Waals surface area contributed by atoms with Crippen molar-refractivity contribution in [2.75, 3.05) is 5.32 Å². The van der Waals surface area contributed by atoms with Gasteiger partial charge in [-0.05, 0) is 42.2 Å². The molecule has 0 unspecified atom stereocenters. The van der Waals surface area contributed by atoms with Crippen molar-refractivity contribution in [3.63, 3.8) is 0 Å². The standard InChI is InChI=1S/C20H21N3OS/c1-4-14-7-6-8-15(11-14)19-20(25-18(5-2)23-19)16-9-10-21-17(12-16)22-13(3)24/h6-12H,4-5H2,1-3H3,(H,21,22,24). The van der Waals surface area contributed by atoms with Gasteiger partial charge in [-0.25, -0.2) is 9.97 Å². The maximum Gasteiger partial charge on any atom is 0.222 e. The molecule has 0 aliphatic rings. The molecule has 0 aliphatic carbocycles. The third kappa shape index (κ3) is 3.94. The van der Waals surface area contributed by atoms with Gasteiger partial charge in [0.1, 0.15) is 5.82 Å². The summed E-state index contributed by atoms with van der Waals surface area (Å²) in [5.41, 5.74) is 4.44. The quantitative estimate of drug-likeness (QED) is 0.707. The number of rotatable bonds is 5. The van der Waals surface area contributed by atoms with Gasteiger partial charge >= 0.3 is 0 Å². The molecule has 25 heavy (non-hydrogen) atoms. The van der Waals surface area contributed by atoms with E-state index < -0.39 is 0 Å². The summed E-state index contributed by atoms with van der Waals surface area (Å²) in [6, 6.07) is 12.4. The van der Waals surface area contributed by atoms with Crippen LogP contribution in [-0.4, -0.2) is 15.9 Å². The number of benzene rings is 1. The highest BCUT2D eigenvalue weighted by Gasteiger charge is 2.15. The van der Waals surface area contributed by atoms with Crippen LogP contribution in [0.2, 0.25) is 0 Å². The largest absolute Gasteiger partial charge is 0.311 e. The Morgan fingerprint density at radius 2 is 1.96 bits per heavy atom. The van der Waals surface area contributed by atoms with Crippen LogP contribution >= 0.6 is 11.3 Å². The number of anilines is 1. The molecule has 4 nitrogen and oxygen atoms in total. The molecule has 0 spiro atoms. The first-order chi connectivity index (χ1) is 12.1. The van der Waals surface area contributed by atoms with Crippen LogP contribution in [0.15, 0.2) is 42.6 Å². The molecule has 2 heterocycles. The molecule has 0 fully saturated rings. The zero-order valence-electron chi connectivity index (χ0n) is 14.7. The highest BCUT2D eigenvalue weighted by Crippen LogP contribution is 2.37. The number of carbonyl (C=O) groups excluding carboxylic acids is 1. The van der Waals surface area contributed by atoms with E-state index >= 15 is 0 Å². The molecule has 5 heteroatoms. The molecule has 3 aromatic rings. The Labute approximate surface area is 152 Å². The topological polar surface area (TPSA) is 54.9 Å². The van der Waals surface area contributed by atoms with E-state index in [2.05, 4.69) is 48.4 Å². The maximum atomic E-state index is 11.3. The molecule has 0 atom stereocenters. The minimum absolute atomic E-state index is 0.126. The van der Waals surface area contributed by atoms with Gasteiger partial charge < -0.3 is 5.32 Å². The summed E-state index contributed by atoms with van der Waals surface area (Å²) < 4.78 is 0. The number of aromatic nitrogens is 2. The molecule has 3 rings (SSSR count). The molecule has 0 bridgehead atoms. The fraction of sp³-hybridized carbons (Fsp3) is 0.250. The van der Waals surface area contributed by atoms with E-state index in [-0.39, 0.29) is 5.91 Å². The summed E-state index contributed by atoms with van der Waals surface area (Å²) in [6.07, 6.45) is 3.61. The van der Waals surface area contributed by atoms with Crippen molar-refractivity contribution in [3.8, 4) is 21.7 Å². The van der Waals surface area contributed by atoms with E-state index in [1.54, 1.807) is 17.5 Å². The van der Waals surface area contributed by atoms with Crippen LogP contribution in [0.25, 0.3) is 21.7 Å². The van der Waals surface area contributed by atoms with Crippen LogP contribution in [0.1, 0.15) is 31.3 Å². The Bertz CT molecular complexity index is 901. The van der Waals surface area contributed by atoms with Crippen molar-refractivity contribution in [2.45, 2.75) is 33.6 Å². The first-order valence-electron chi connectivity index (χ1n) is 8.43. The molecule has 1 N–H and O–H groups in total. The van der Waals surface area contributed by atoms with Gasteiger partial charge in [-0.15, -0.1) is 11.3 Å². The summed E-state index contributed by atoms with van der Waals surface area (Å²) in [6.45, 7) is 5.75. The van der Waals surface area contributed by atoms with Crippen molar-refractivity contribution in [1.29, 1.82) is 0 Å². The summed E-state index contributed by atoms with van der Waals surface area (Å²) in [4.78, 5) is 21.5. The third-order valence-electron chi connectivity index (χ3n) is 3.91. The smallest absolute Gasteiger partial charge is 0.222 e. The van der Waals surface area contributed by atoms with Gasteiger partial charge in [0.05, 0.1) is 15.6 Å². The number of aryl methyl sites for hydroxylation is 2. The average Bonchev–Trinajstić information content (AvgIpc) is 3.06. The van der Waals surface area contributed by atoms with Crippen molar-refractivity contribution in [1.82, 2.24) is 9.97 Å². The van der Waals surface area contributed by atoms with Crippen LogP contribution < -0.4 is 5.32 Å². The molecular formula is C20H21N3OS. The molecule has 1 amide bonds. The molecule has 2 aromatic heterocycles. The van der Waals surface area contributed by atoms with Crippen molar-refractivity contribution in [3.05, 3.63) is 53.2 Å². The number of hydrogen-bond donors (Lipinski definition) is 1. The second kappa shape index (κ2) is 7.57. The number of thiazole rings is 1. The Morgan fingerprint density at radius 3 is 2.68 bits per heavy atom. The molecule has 0 saturated carbocycles. The molecule has 0 radical (unpaired) electrons. The minimum Gasteiger partial charge on any atom is -0.311 e. The van der Waals surface area contributed by atoms with Crippen molar-refractivity contribution >= 4 is 23.1 Å². The first-order valence-corrected chi connectivity index (χ1v) is 9.25.